The van der Waals surface area contributed by atoms with Crippen LogP contribution in [0.4, 0.5) is 17.1 Å². The number of hydrogen-bond acceptors (Lipinski definition) is 1. The lowest BCUT2D eigenvalue weighted by molar-refractivity contribution is 0.795. The standard InChI is InChI=1S/C47H33N/c1-30-24-25-31(2)44(26-30)48(34-16-4-3-5-17-34)45-29-43-46(38-21-9-8-20-37(38)45)39-27-32-14-6-7-15-33(32)28-42(39)47(43)40-22-12-10-18-35(40)36-19-11-13-23-41(36)47/h3-29H,1-2H3. The first-order chi connectivity index (χ1) is 23.6. The van der Waals surface area contributed by atoms with Gasteiger partial charge in [0.25, 0.3) is 0 Å². The summed E-state index contributed by atoms with van der Waals surface area (Å²) in [6.45, 7) is 4.42. The molecule has 8 aromatic rings. The van der Waals surface area contributed by atoms with Crippen molar-refractivity contribution < 1.29 is 0 Å². The number of fused-ring (bicyclic) bond motifs is 13. The summed E-state index contributed by atoms with van der Waals surface area (Å²) in [6.07, 6.45) is 0. The number of nitrogens with zero attached hydrogens (tertiary/aromatic N) is 1. The summed E-state index contributed by atoms with van der Waals surface area (Å²) in [5, 5.41) is 5.08. The lowest BCUT2D eigenvalue weighted by Crippen LogP contribution is -2.26. The Morgan fingerprint density at radius 1 is 0.417 bits per heavy atom. The summed E-state index contributed by atoms with van der Waals surface area (Å²) in [6, 6.07) is 61.2. The number of aryl methyl sites for hydroxylation is 2. The van der Waals surface area contributed by atoms with Crippen molar-refractivity contribution in [2.45, 2.75) is 19.3 Å². The van der Waals surface area contributed by atoms with Crippen molar-refractivity contribution in [3.05, 3.63) is 197 Å². The van der Waals surface area contributed by atoms with Gasteiger partial charge in [-0.25, -0.2) is 0 Å². The van der Waals surface area contributed by atoms with Crippen LogP contribution in [0.5, 0.6) is 0 Å². The van der Waals surface area contributed by atoms with Gasteiger partial charge in [-0.05, 0) is 122 Å². The predicted octanol–water partition coefficient (Wildman–Crippen LogP) is 12.4. The van der Waals surface area contributed by atoms with E-state index in [2.05, 4.69) is 183 Å². The maximum atomic E-state index is 2.54. The number of para-hydroxylation sites is 1. The minimum atomic E-state index is -0.454. The van der Waals surface area contributed by atoms with Crippen LogP contribution in [-0.2, 0) is 5.41 Å². The molecule has 0 N–H and O–H groups in total. The highest BCUT2D eigenvalue weighted by Gasteiger charge is 2.52. The molecule has 2 aliphatic rings. The zero-order valence-electron chi connectivity index (χ0n) is 27.0. The molecule has 0 fully saturated rings. The van der Waals surface area contributed by atoms with Crippen molar-refractivity contribution >= 4 is 38.6 Å². The second-order valence-corrected chi connectivity index (χ2v) is 13.4. The molecule has 2 aliphatic carbocycles. The molecule has 0 heterocycles. The van der Waals surface area contributed by atoms with Crippen LogP contribution in [0.1, 0.15) is 33.4 Å². The molecule has 10 rings (SSSR count). The van der Waals surface area contributed by atoms with E-state index in [0.717, 1.165) is 5.69 Å². The molecule has 0 amide bonds. The van der Waals surface area contributed by atoms with Gasteiger partial charge in [0.05, 0.1) is 11.1 Å². The van der Waals surface area contributed by atoms with E-state index in [1.54, 1.807) is 0 Å². The van der Waals surface area contributed by atoms with Gasteiger partial charge in [-0.2, -0.15) is 0 Å². The van der Waals surface area contributed by atoms with Crippen molar-refractivity contribution in [3.8, 4) is 22.3 Å². The van der Waals surface area contributed by atoms with Gasteiger partial charge >= 0.3 is 0 Å². The second-order valence-electron chi connectivity index (χ2n) is 13.4. The van der Waals surface area contributed by atoms with Crippen LogP contribution in [0.15, 0.2) is 164 Å². The van der Waals surface area contributed by atoms with E-state index >= 15 is 0 Å². The molecule has 1 spiro atoms. The van der Waals surface area contributed by atoms with Crippen LogP contribution in [0.2, 0.25) is 0 Å². The highest BCUT2D eigenvalue weighted by Crippen LogP contribution is 2.65. The van der Waals surface area contributed by atoms with Gasteiger partial charge < -0.3 is 4.90 Å². The molecule has 0 saturated heterocycles. The summed E-state index contributed by atoms with van der Waals surface area (Å²) in [7, 11) is 0. The molecule has 0 aromatic heterocycles. The average molecular weight is 612 g/mol. The molecule has 48 heavy (non-hydrogen) atoms. The van der Waals surface area contributed by atoms with Crippen molar-refractivity contribution in [3.63, 3.8) is 0 Å². The van der Waals surface area contributed by atoms with Crippen molar-refractivity contribution in [1.29, 1.82) is 0 Å². The third-order valence-corrected chi connectivity index (χ3v) is 10.8. The minimum Gasteiger partial charge on any atom is -0.310 e. The second kappa shape index (κ2) is 10.0. The van der Waals surface area contributed by atoms with Crippen LogP contribution < -0.4 is 4.90 Å². The van der Waals surface area contributed by atoms with Crippen LogP contribution >= 0.6 is 0 Å². The number of benzene rings is 8. The Morgan fingerprint density at radius 3 is 1.75 bits per heavy atom. The van der Waals surface area contributed by atoms with Crippen LogP contribution in [0.3, 0.4) is 0 Å². The number of hydrogen-bond donors (Lipinski definition) is 0. The summed E-state index contributed by atoms with van der Waals surface area (Å²) in [5.74, 6) is 0. The van der Waals surface area contributed by atoms with E-state index in [0.29, 0.717) is 0 Å². The third-order valence-electron chi connectivity index (χ3n) is 10.8. The summed E-state index contributed by atoms with van der Waals surface area (Å²) >= 11 is 0. The van der Waals surface area contributed by atoms with E-state index in [1.165, 1.54) is 88.6 Å². The molecule has 0 radical (unpaired) electrons. The molecule has 0 aliphatic heterocycles. The molecule has 8 aromatic carbocycles. The highest BCUT2D eigenvalue weighted by molar-refractivity contribution is 6.13. The van der Waals surface area contributed by atoms with Crippen molar-refractivity contribution in [2.24, 2.45) is 0 Å². The first kappa shape index (κ1) is 27.2. The molecule has 1 nitrogen and oxygen atoms in total. The SMILES string of the molecule is Cc1ccc(C)c(N(c2ccccc2)c2cc3c(c4ccccc24)-c2cc4ccccc4cc2C32c3ccccc3-c3ccccc32)c1. The van der Waals surface area contributed by atoms with Gasteiger partial charge in [0, 0.05) is 16.8 Å². The van der Waals surface area contributed by atoms with Gasteiger partial charge in [0.15, 0.2) is 0 Å². The first-order valence-electron chi connectivity index (χ1n) is 16.9. The smallest absolute Gasteiger partial charge is 0.0726 e. The van der Waals surface area contributed by atoms with Gasteiger partial charge in [-0.3, -0.25) is 0 Å². The zero-order chi connectivity index (χ0) is 32.0. The van der Waals surface area contributed by atoms with Gasteiger partial charge in [-0.15, -0.1) is 0 Å². The van der Waals surface area contributed by atoms with Gasteiger partial charge in [-0.1, -0.05) is 127 Å². The van der Waals surface area contributed by atoms with Crippen molar-refractivity contribution in [1.82, 2.24) is 0 Å². The fraction of sp³-hybridized carbons (Fsp3) is 0.0638. The van der Waals surface area contributed by atoms with Crippen LogP contribution in [0.25, 0.3) is 43.8 Å². The molecule has 0 atom stereocenters. The predicted molar refractivity (Wildman–Crippen MR) is 202 cm³/mol. The highest BCUT2D eigenvalue weighted by atomic mass is 15.1. The Morgan fingerprint density at radius 2 is 1.02 bits per heavy atom. The molecule has 1 heteroatoms. The van der Waals surface area contributed by atoms with E-state index < -0.39 is 5.41 Å². The fourth-order valence-electron chi connectivity index (χ4n) is 8.79. The van der Waals surface area contributed by atoms with Crippen LogP contribution in [-0.4, -0.2) is 0 Å². The molecule has 0 saturated carbocycles. The fourth-order valence-corrected chi connectivity index (χ4v) is 8.79. The zero-order valence-corrected chi connectivity index (χ0v) is 27.0. The monoisotopic (exact) mass is 611 g/mol. The summed E-state index contributed by atoms with van der Waals surface area (Å²) in [5.41, 5.74) is 16.4. The lowest BCUT2D eigenvalue weighted by atomic mass is 9.70. The normalized spacial score (nSPS) is 13.4. The maximum absolute atomic E-state index is 2.54. The van der Waals surface area contributed by atoms with Crippen LogP contribution in [0, 0.1) is 13.8 Å². The molecule has 226 valence electrons. The van der Waals surface area contributed by atoms with E-state index in [9.17, 15) is 0 Å². The van der Waals surface area contributed by atoms with E-state index in [-0.39, 0.29) is 0 Å². The number of anilines is 3. The Kier molecular flexibility index (Phi) is 5.69. The summed E-state index contributed by atoms with van der Waals surface area (Å²) < 4.78 is 0. The lowest BCUT2D eigenvalue weighted by Gasteiger charge is -2.33. The van der Waals surface area contributed by atoms with Gasteiger partial charge in [0.2, 0.25) is 0 Å². The van der Waals surface area contributed by atoms with E-state index in [1.807, 2.05) is 0 Å². The first-order valence-corrected chi connectivity index (χ1v) is 16.9. The number of rotatable bonds is 3. The summed E-state index contributed by atoms with van der Waals surface area (Å²) in [4.78, 5) is 2.49. The van der Waals surface area contributed by atoms with Crippen molar-refractivity contribution in [2.75, 3.05) is 4.90 Å². The minimum absolute atomic E-state index is 0.454. The Labute approximate surface area is 281 Å². The van der Waals surface area contributed by atoms with E-state index in [4.69, 9.17) is 0 Å². The van der Waals surface area contributed by atoms with Gasteiger partial charge in [0.1, 0.15) is 0 Å². The average Bonchev–Trinajstić information content (AvgIpc) is 3.59. The Hall–Kier alpha value is -5.92. The molecular weight excluding hydrogens is 579 g/mol. The quantitative estimate of drug-likeness (QED) is 0.192. The third kappa shape index (κ3) is 3.56. The Balaban J connectivity index is 1.41. The topological polar surface area (TPSA) is 3.24 Å². The maximum Gasteiger partial charge on any atom is 0.0726 e. The Bertz CT molecular complexity index is 2550. The largest absolute Gasteiger partial charge is 0.310 e. The molecule has 0 unspecified atom stereocenters. The molecular formula is C47H33N. The molecule has 0 bridgehead atoms.